The van der Waals surface area contributed by atoms with E-state index in [-0.39, 0.29) is 24.7 Å². The third kappa shape index (κ3) is 3.68. The highest BCUT2D eigenvalue weighted by Gasteiger charge is 2.27. The SMILES string of the molecule is Cc1ccc(/C=C/C(=O)N2CC(CO)OCC2C)cc1. The zero-order valence-corrected chi connectivity index (χ0v) is 12.0. The lowest BCUT2D eigenvalue weighted by Crippen LogP contribution is -2.51. The van der Waals surface area contributed by atoms with E-state index >= 15 is 0 Å². The number of aryl methyl sites for hydroxylation is 1. The van der Waals surface area contributed by atoms with Gasteiger partial charge in [0.1, 0.15) is 0 Å². The summed E-state index contributed by atoms with van der Waals surface area (Å²) in [5.74, 6) is -0.0418. The van der Waals surface area contributed by atoms with Gasteiger partial charge in [-0.3, -0.25) is 4.79 Å². The number of amides is 1. The lowest BCUT2D eigenvalue weighted by atomic mass is 10.1. The van der Waals surface area contributed by atoms with Crippen LogP contribution >= 0.6 is 0 Å². The topological polar surface area (TPSA) is 49.8 Å². The monoisotopic (exact) mass is 275 g/mol. The minimum atomic E-state index is -0.275. The molecule has 4 heteroatoms. The van der Waals surface area contributed by atoms with E-state index in [1.165, 1.54) is 5.56 Å². The van der Waals surface area contributed by atoms with E-state index in [9.17, 15) is 4.79 Å². The van der Waals surface area contributed by atoms with Gasteiger partial charge < -0.3 is 14.7 Å². The van der Waals surface area contributed by atoms with Crippen LogP contribution in [0.1, 0.15) is 18.1 Å². The first-order chi connectivity index (χ1) is 9.60. The molecule has 0 aliphatic carbocycles. The van der Waals surface area contributed by atoms with Gasteiger partial charge >= 0.3 is 0 Å². The number of aliphatic hydroxyl groups excluding tert-OH is 1. The van der Waals surface area contributed by atoms with Crippen molar-refractivity contribution in [1.29, 1.82) is 0 Å². The lowest BCUT2D eigenvalue weighted by Gasteiger charge is -2.36. The van der Waals surface area contributed by atoms with Gasteiger partial charge in [0.05, 0.1) is 25.4 Å². The van der Waals surface area contributed by atoms with Crippen molar-refractivity contribution in [2.24, 2.45) is 0 Å². The largest absolute Gasteiger partial charge is 0.394 e. The van der Waals surface area contributed by atoms with Crippen molar-refractivity contribution in [1.82, 2.24) is 4.90 Å². The number of aliphatic hydroxyl groups is 1. The van der Waals surface area contributed by atoms with Crippen LogP contribution in [0.25, 0.3) is 6.08 Å². The predicted molar refractivity (Wildman–Crippen MR) is 78.2 cm³/mol. The Morgan fingerprint density at radius 2 is 2.15 bits per heavy atom. The molecule has 4 nitrogen and oxygen atoms in total. The molecule has 2 atom stereocenters. The van der Waals surface area contributed by atoms with Crippen molar-refractivity contribution in [3.05, 3.63) is 41.5 Å². The second-order valence-corrected chi connectivity index (χ2v) is 5.22. The summed E-state index contributed by atoms with van der Waals surface area (Å²) in [7, 11) is 0. The Hall–Kier alpha value is -1.65. The molecule has 0 radical (unpaired) electrons. The maximum absolute atomic E-state index is 12.2. The molecule has 0 spiro atoms. The van der Waals surface area contributed by atoms with Crippen molar-refractivity contribution < 1.29 is 14.6 Å². The number of hydrogen-bond acceptors (Lipinski definition) is 3. The van der Waals surface area contributed by atoms with Crippen molar-refractivity contribution >= 4 is 12.0 Å². The Morgan fingerprint density at radius 3 is 2.80 bits per heavy atom. The van der Waals surface area contributed by atoms with Crippen LogP contribution in [0.5, 0.6) is 0 Å². The second kappa shape index (κ2) is 6.68. The van der Waals surface area contributed by atoms with E-state index in [1.807, 2.05) is 44.2 Å². The highest BCUT2D eigenvalue weighted by atomic mass is 16.5. The van der Waals surface area contributed by atoms with Crippen LogP contribution in [0.15, 0.2) is 30.3 Å². The lowest BCUT2D eigenvalue weighted by molar-refractivity contribution is -0.140. The summed E-state index contributed by atoms with van der Waals surface area (Å²) < 4.78 is 5.43. The molecule has 0 aromatic heterocycles. The zero-order chi connectivity index (χ0) is 14.5. The molecule has 108 valence electrons. The molecule has 1 heterocycles. The van der Waals surface area contributed by atoms with Gasteiger partial charge in [-0.1, -0.05) is 29.8 Å². The maximum Gasteiger partial charge on any atom is 0.246 e. The molecule has 20 heavy (non-hydrogen) atoms. The standard InChI is InChI=1S/C16H21NO3/c1-12-3-5-14(6-4-12)7-8-16(19)17-9-15(10-18)20-11-13(17)2/h3-8,13,15,18H,9-11H2,1-2H3/b8-7+. The fourth-order valence-electron chi connectivity index (χ4n) is 2.18. The average molecular weight is 275 g/mol. The van der Waals surface area contributed by atoms with E-state index in [2.05, 4.69) is 0 Å². The van der Waals surface area contributed by atoms with E-state index < -0.39 is 0 Å². The average Bonchev–Trinajstić information content (AvgIpc) is 2.47. The highest BCUT2D eigenvalue weighted by Crippen LogP contribution is 2.13. The first-order valence-electron chi connectivity index (χ1n) is 6.88. The Kier molecular flexibility index (Phi) is 4.93. The van der Waals surface area contributed by atoms with Crippen molar-refractivity contribution in [3.8, 4) is 0 Å². The van der Waals surface area contributed by atoms with Gasteiger partial charge in [0.15, 0.2) is 0 Å². The van der Waals surface area contributed by atoms with Crippen LogP contribution in [-0.4, -0.2) is 47.8 Å². The number of morpholine rings is 1. The Morgan fingerprint density at radius 1 is 1.45 bits per heavy atom. The Labute approximate surface area is 119 Å². The molecule has 2 unspecified atom stereocenters. The number of hydrogen-bond donors (Lipinski definition) is 1. The third-order valence-corrected chi connectivity index (χ3v) is 3.49. The molecule has 1 N–H and O–H groups in total. The number of benzene rings is 1. The maximum atomic E-state index is 12.2. The molecule has 1 fully saturated rings. The van der Waals surface area contributed by atoms with Crippen molar-refractivity contribution in [3.63, 3.8) is 0 Å². The summed E-state index contributed by atoms with van der Waals surface area (Å²) in [6.45, 7) is 4.83. The number of nitrogens with zero attached hydrogens (tertiary/aromatic N) is 1. The third-order valence-electron chi connectivity index (χ3n) is 3.49. The molecule has 2 rings (SSSR count). The Balaban J connectivity index is 2.01. The molecule has 1 aliphatic rings. The summed E-state index contributed by atoms with van der Waals surface area (Å²) in [4.78, 5) is 14.0. The summed E-state index contributed by atoms with van der Waals surface area (Å²) >= 11 is 0. The van der Waals surface area contributed by atoms with Gasteiger partial charge in [-0.05, 0) is 25.5 Å². The number of carbonyl (C=O) groups is 1. The smallest absolute Gasteiger partial charge is 0.246 e. The fraction of sp³-hybridized carbons (Fsp3) is 0.438. The van der Waals surface area contributed by atoms with Crippen LogP contribution in [-0.2, 0) is 9.53 Å². The van der Waals surface area contributed by atoms with Crippen molar-refractivity contribution in [2.45, 2.75) is 26.0 Å². The predicted octanol–water partition coefficient (Wildman–Crippen LogP) is 1.62. The molecule has 1 aliphatic heterocycles. The number of carbonyl (C=O) groups excluding carboxylic acids is 1. The van der Waals surface area contributed by atoms with Crippen LogP contribution in [0.4, 0.5) is 0 Å². The summed E-state index contributed by atoms with van der Waals surface area (Å²) in [5.41, 5.74) is 2.20. The van der Waals surface area contributed by atoms with Crippen LogP contribution in [0.2, 0.25) is 0 Å². The summed E-state index contributed by atoms with van der Waals surface area (Å²) in [6, 6.07) is 8.04. The second-order valence-electron chi connectivity index (χ2n) is 5.22. The quantitative estimate of drug-likeness (QED) is 0.853. The molecule has 1 amide bonds. The molecular weight excluding hydrogens is 254 g/mol. The van der Waals surface area contributed by atoms with Crippen molar-refractivity contribution in [2.75, 3.05) is 19.8 Å². The molecular formula is C16H21NO3. The fourth-order valence-corrected chi connectivity index (χ4v) is 2.18. The molecule has 0 saturated carbocycles. The van der Waals surface area contributed by atoms with Crippen LogP contribution < -0.4 is 0 Å². The van der Waals surface area contributed by atoms with Gasteiger partial charge in [-0.2, -0.15) is 0 Å². The minimum Gasteiger partial charge on any atom is -0.394 e. The normalized spacial score (nSPS) is 23.2. The summed E-state index contributed by atoms with van der Waals surface area (Å²) in [5, 5.41) is 9.13. The van der Waals surface area contributed by atoms with Gasteiger partial charge in [0, 0.05) is 12.6 Å². The van der Waals surface area contributed by atoms with E-state index in [0.717, 1.165) is 5.56 Å². The van der Waals surface area contributed by atoms with E-state index in [1.54, 1.807) is 11.0 Å². The molecule has 1 saturated heterocycles. The number of ether oxygens (including phenoxy) is 1. The van der Waals surface area contributed by atoms with Crippen LogP contribution in [0.3, 0.4) is 0 Å². The molecule has 0 bridgehead atoms. The molecule has 1 aromatic rings. The first-order valence-corrected chi connectivity index (χ1v) is 6.88. The van der Waals surface area contributed by atoms with E-state index in [4.69, 9.17) is 9.84 Å². The van der Waals surface area contributed by atoms with E-state index in [0.29, 0.717) is 13.2 Å². The molecule has 1 aromatic carbocycles. The van der Waals surface area contributed by atoms with Gasteiger partial charge in [0.25, 0.3) is 0 Å². The highest BCUT2D eigenvalue weighted by molar-refractivity contribution is 5.92. The van der Waals surface area contributed by atoms with Gasteiger partial charge in [-0.25, -0.2) is 0 Å². The minimum absolute atomic E-state index is 0.0352. The zero-order valence-electron chi connectivity index (χ0n) is 12.0. The summed E-state index contributed by atoms with van der Waals surface area (Å²) in [6.07, 6.45) is 3.13. The van der Waals surface area contributed by atoms with Crippen LogP contribution in [0, 0.1) is 6.92 Å². The Bertz CT molecular complexity index is 481. The van der Waals surface area contributed by atoms with Gasteiger partial charge in [-0.15, -0.1) is 0 Å². The first kappa shape index (κ1) is 14.8. The number of rotatable bonds is 3. The van der Waals surface area contributed by atoms with Gasteiger partial charge in [0.2, 0.25) is 5.91 Å².